The van der Waals surface area contributed by atoms with Gasteiger partial charge >= 0.3 is 0 Å². The van der Waals surface area contributed by atoms with Crippen molar-refractivity contribution in [3.8, 4) is 0 Å². The van der Waals surface area contributed by atoms with E-state index >= 15 is 0 Å². The second-order valence-corrected chi connectivity index (χ2v) is 4.84. The van der Waals surface area contributed by atoms with Crippen LogP contribution in [0.1, 0.15) is 38.8 Å². The maximum atomic E-state index is 5.28. The van der Waals surface area contributed by atoms with Crippen molar-refractivity contribution in [2.75, 3.05) is 13.7 Å². The monoisotopic (exact) mass is 235 g/mol. The molecule has 17 heavy (non-hydrogen) atoms. The third-order valence-electron chi connectivity index (χ3n) is 3.18. The lowest BCUT2D eigenvalue weighted by molar-refractivity contribution is 0.139. The summed E-state index contributed by atoms with van der Waals surface area (Å²) in [4.78, 5) is 0. The topological polar surface area (TPSA) is 21.3 Å². The van der Waals surface area contributed by atoms with Crippen LogP contribution in [0.5, 0.6) is 0 Å². The maximum absolute atomic E-state index is 5.28. The molecule has 2 heteroatoms. The first-order valence-corrected chi connectivity index (χ1v) is 6.49. The van der Waals surface area contributed by atoms with E-state index in [2.05, 4.69) is 56.4 Å². The second kappa shape index (κ2) is 7.46. The normalized spacial score (nSPS) is 14.9. The van der Waals surface area contributed by atoms with Crippen LogP contribution in [0.15, 0.2) is 30.3 Å². The molecule has 0 aliphatic rings. The van der Waals surface area contributed by atoms with Gasteiger partial charge in [-0.1, -0.05) is 51.1 Å². The van der Waals surface area contributed by atoms with Crippen LogP contribution in [0, 0.1) is 5.92 Å². The summed E-state index contributed by atoms with van der Waals surface area (Å²) >= 11 is 0. The van der Waals surface area contributed by atoms with Crippen LogP contribution in [0.4, 0.5) is 0 Å². The van der Waals surface area contributed by atoms with Crippen LogP contribution in [-0.2, 0) is 4.74 Å². The van der Waals surface area contributed by atoms with E-state index in [0.717, 1.165) is 13.0 Å². The summed E-state index contributed by atoms with van der Waals surface area (Å²) in [5.74, 6) is 0.577. The zero-order valence-corrected chi connectivity index (χ0v) is 11.4. The van der Waals surface area contributed by atoms with Crippen molar-refractivity contribution in [3.63, 3.8) is 0 Å². The molecular formula is C15H25NO. The molecule has 1 N–H and O–H groups in total. The molecule has 0 saturated carbocycles. The highest BCUT2D eigenvalue weighted by Crippen LogP contribution is 2.18. The fourth-order valence-electron chi connectivity index (χ4n) is 2.01. The molecule has 0 amide bonds. The number of nitrogens with one attached hydrogen (secondary N) is 1. The Morgan fingerprint density at radius 1 is 1.18 bits per heavy atom. The van der Waals surface area contributed by atoms with Gasteiger partial charge in [0.2, 0.25) is 0 Å². The van der Waals surface area contributed by atoms with Crippen LogP contribution in [0.25, 0.3) is 0 Å². The number of rotatable bonds is 7. The molecule has 0 bridgehead atoms. The van der Waals surface area contributed by atoms with E-state index < -0.39 is 0 Å². The predicted molar refractivity (Wildman–Crippen MR) is 73.1 cm³/mol. The average molecular weight is 235 g/mol. The van der Waals surface area contributed by atoms with E-state index in [1.165, 1.54) is 5.56 Å². The van der Waals surface area contributed by atoms with Gasteiger partial charge in [-0.2, -0.15) is 0 Å². The lowest BCUT2D eigenvalue weighted by Crippen LogP contribution is -2.40. The molecule has 2 nitrogen and oxygen atoms in total. The molecule has 1 aromatic rings. The van der Waals surface area contributed by atoms with E-state index in [1.807, 2.05) is 0 Å². The van der Waals surface area contributed by atoms with Gasteiger partial charge in [-0.25, -0.2) is 0 Å². The van der Waals surface area contributed by atoms with E-state index in [4.69, 9.17) is 4.74 Å². The molecule has 0 radical (unpaired) electrons. The fraction of sp³-hybridized carbons (Fsp3) is 0.600. The molecule has 0 heterocycles. The first kappa shape index (κ1) is 14.2. The zero-order chi connectivity index (χ0) is 12.7. The molecule has 0 unspecified atom stereocenters. The smallest absolute Gasteiger partial charge is 0.0618 e. The van der Waals surface area contributed by atoms with Crippen molar-refractivity contribution in [1.82, 2.24) is 5.32 Å². The van der Waals surface area contributed by atoms with Gasteiger partial charge in [0.05, 0.1) is 6.61 Å². The molecule has 0 aliphatic heterocycles. The summed E-state index contributed by atoms with van der Waals surface area (Å²) in [6.07, 6.45) is 1.09. The Labute approximate surface area is 105 Å². The summed E-state index contributed by atoms with van der Waals surface area (Å²) in [6, 6.07) is 11.5. The lowest BCUT2D eigenvalue weighted by Gasteiger charge is -2.27. The zero-order valence-electron chi connectivity index (χ0n) is 11.4. The lowest BCUT2D eigenvalue weighted by atomic mass is 9.99. The minimum absolute atomic E-state index is 0.408. The second-order valence-electron chi connectivity index (χ2n) is 4.84. The Morgan fingerprint density at radius 2 is 1.82 bits per heavy atom. The number of methoxy groups -OCH3 is 1. The first-order valence-electron chi connectivity index (χ1n) is 6.49. The molecule has 0 aromatic heterocycles. The average Bonchev–Trinajstić information content (AvgIpc) is 2.35. The third kappa shape index (κ3) is 4.49. The van der Waals surface area contributed by atoms with Gasteiger partial charge in [-0.3, -0.25) is 0 Å². The molecule has 0 saturated heterocycles. The highest BCUT2D eigenvalue weighted by Gasteiger charge is 2.18. The minimum Gasteiger partial charge on any atom is -0.383 e. The van der Waals surface area contributed by atoms with Gasteiger partial charge in [-0.15, -0.1) is 0 Å². The Hall–Kier alpha value is -0.860. The molecule has 0 spiro atoms. The predicted octanol–water partition coefficient (Wildman–Crippen LogP) is 3.40. The molecule has 1 aromatic carbocycles. The molecule has 1 rings (SSSR count). The molecule has 96 valence electrons. The fourth-order valence-corrected chi connectivity index (χ4v) is 2.01. The number of benzene rings is 1. The van der Waals surface area contributed by atoms with Gasteiger partial charge < -0.3 is 10.1 Å². The SMILES string of the molecule is CC[C@H](N[C@H](COC)C(C)C)c1ccccc1. The van der Waals surface area contributed by atoms with Crippen molar-refractivity contribution in [1.29, 1.82) is 0 Å². The largest absolute Gasteiger partial charge is 0.383 e. The van der Waals surface area contributed by atoms with Crippen molar-refractivity contribution in [2.45, 2.75) is 39.3 Å². The highest BCUT2D eigenvalue weighted by molar-refractivity contribution is 5.18. The Morgan fingerprint density at radius 3 is 2.29 bits per heavy atom. The standard InChI is InChI=1S/C15H25NO/c1-5-14(13-9-7-6-8-10-13)16-15(11-17-4)12(2)3/h6-10,12,14-16H,5,11H2,1-4H3/t14-,15+/m0/s1. The van der Waals surface area contributed by atoms with Crippen LogP contribution in [0.3, 0.4) is 0 Å². The Balaban J connectivity index is 2.68. The maximum Gasteiger partial charge on any atom is 0.0618 e. The third-order valence-corrected chi connectivity index (χ3v) is 3.18. The van der Waals surface area contributed by atoms with Crippen LogP contribution in [0.2, 0.25) is 0 Å². The Kier molecular flexibility index (Phi) is 6.23. The van der Waals surface area contributed by atoms with Gasteiger partial charge in [0.1, 0.15) is 0 Å². The van der Waals surface area contributed by atoms with E-state index in [9.17, 15) is 0 Å². The van der Waals surface area contributed by atoms with E-state index in [-0.39, 0.29) is 0 Å². The molecule has 0 fully saturated rings. The first-order chi connectivity index (χ1) is 8.19. The summed E-state index contributed by atoms with van der Waals surface area (Å²) < 4.78 is 5.28. The minimum atomic E-state index is 0.408. The summed E-state index contributed by atoms with van der Waals surface area (Å²) in [6.45, 7) is 7.44. The van der Waals surface area contributed by atoms with E-state index in [0.29, 0.717) is 18.0 Å². The molecule has 2 atom stereocenters. The van der Waals surface area contributed by atoms with Crippen molar-refractivity contribution in [3.05, 3.63) is 35.9 Å². The Bertz CT molecular complexity index is 297. The van der Waals surface area contributed by atoms with Gasteiger partial charge in [0.15, 0.2) is 0 Å². The van der Waals surface area contributed by atoms with Crippen LogP contribution >= 0.6 is 0 Å². The summed E-state index contributed by atoms with van der Waals surface area (Å²) in [7, 11) is 1.76. The van der Waals surface area contributed by atoms with Crippen LogP contribution in [-0.4, -0.2) is 19.8 Å². The number of ether oxygens (including phenoxy) is 1. The van der Waals surface area contributed by atoms with Crippen molar-refractivity contribution in [2.24, 2.45) is 5.92 Å². The summed E-state index contributed by atoms with van der Waals surface area (Å²) in [5, 5.41) is 3.70. The van der Waals surface area contributed by atoms with Gasteiger partial charge in [0.25, 0.3) is 0 Å². The van der Waals surface area contributed by atoms with E-state index in [1.54, 1.807) is 7.11 Å². The molecular weight excluding hydrogens is 210 g/mol. The molecule has 0 aliphatic carbocycles. The van der Waals surface area contributed by atoms with Crippen LogP contribution < -0.4 is 5.32 Å². The number of hydrogen-bond donors (Lipinski definition) is 1. The van der Waals surface area contributed by atoms with Crippen molar-refractivity contribution < 1.29 is 4.74 Å². The van der Waals surface area contributed by atoms with Crippen molar-refractivity contribution >= 4 is 0 Å². The van der Waals surface area contributed by atoms with Gasteiger partial charge in [0, 0.05) is 19.2 Å². The summed E-state index contributed by atoms with van der Waals surface area (Å²) in [5.41, 5.74) is 1.36. The van der Waals surface area contributed by atoms with Gasteiger partial charge in [-0.05, 0) is 17.9 Å². The quantitative estimate of drug-likeness (QED) is 0.782. The number of hydrogen-bond acceptors (Lipinski definition) is 2. The highest BCUT2D eigenvalue weighted by atomic mass is 16.5.